The van der Waals surface area contributed by atoms with Gasteiger partial charge in [0.05, 0.1) is 16.4 Å². The molecule has 1 aromatic heterocycles. The average Bonchev–Trinajstić information content (AvgIpc) is 2.37. The molecule has 0 aromatic carbocycles. The lowest BCUT2D eigenvalue weighted by atomic mass is 10.3. The molecule has 0 spiro atoms. The summed E-state index contributed by atoms with van der Waals surface area (Å²) >= 11 is 0. The van der Waals surface area contributed by atoms with Crippen LogP contribution in [0.4, 0.5) is 17.3 Å². The molecule has 0 radical (unpaired) electrons. The Kier molecular flexibility index (Phi) is 3.48. The maximum Gasteiger partial charge on any atom is 0.354 e. The number of hydrogen-bond acceptors (Lipinski definition) is 9. The molecule has 10 nitrogen and oxygen atoms in total. The van der Waals surface area contributed by atoms with Gasteiger partial charge in [0, 0.05) is 13.1 Å². The Labute approximate surface area is 108 Å². The lowest BCUT2D eigenvalue weighted by Crippen LogP contribution is -2.41. The molecule has 0 amide bonds. The number of nitrogen functional groups attached to an aromatic ring is 1. The van der Waals surface area contributed by atoms with E-state index in [0.29, 0.717) is 0 Å². The molecule has 3 N–H and O–H groups in total. The number of nitrogens with two attached hydrogens (primary N) is 1. The minimum Gasteiger partial charge on any atom is -0.349 e. The van der Waals surface area contributed by atoms with Crippen LogP contribution in [-0.4, -0.2) is 47.9 Å². The Balaban J connectivity index is 2.38. The number of hydrazine groups is 1. The lowest BCUT2D eigenvalue weighted by molar-refractivity contribution is -0.383. The van der Waals surface area contributed by atoms with Gasteiger partial charge in [-0.15, -0.1) is 0 Å². The molecular formula is C8H12N6O4S. The number of nitrogens with zero attached hydrogens (tertiary/aromatic N) is 4. The molecule has 0 unspecified atom stereocenters. The monoisotopic (exact) mass is 288 g/mol. The number of nitro groups is 1. The van der Waals surface area contributed by atoms with Crippen molar-refractivity contribution in [3.05, 3.63) is 16.4 Å². The quantitative estimate of drug-likeness (QED) is 0.402. The third kappa shape index (κ3) is 2.71. The Morgan fingerprint density at radius 2 is 2.00 bits per heavy atom. The molecule has 19 heavy (non-hydrogen) atoms. The van der Waals surface area contributed by atoms with Gasteiger partial charge < -0.3 is 10.3 Å². The van der Waals surface area contributed by atoms with E-state index in [1.54, 1.807) is 4.90 Å². The van der Waals surface area contributed by atoms with E-state index in [2.05, 4.69) is 15.4 Å². The molecule has 1 saturated heterocycles. The molecule has 104 valence electrons. The summed E-state index contributed by atoms with van der Waals surface area (Å²) in [6, 6.07) is 0. The summed E-state index contributed by atoms with van der Waals surface area (Å²) in [5.74, 6) is 5.02. The van der Waals surface area contributed by atoms with Crippen molar-refractivity contribution in [1.29, 1.82) is 0 Å². The molecule has 0 atom stereocenters. The molecule has 0 bridgehead atoms. The zero-order valence-corrected chi connectivity index (χ0v) is 10.6. The second kappa shape index (κ2) is 4.93. The first-order valence-corrected chi connectivity index (χ1v) is 7.18. The molecule has 11 heteroatoms. The molecule has 0 saturated carbocycles. The Bertz CT molecular complexity index is 589. The summed E-state index contributed by atoms with van der Waals surface area (Å²) in [5, 5.41) is 11.1. The van der Waals surface area contributed by atoms with E-state index in [4.69, 9.17) is 5.84 Å². The van der Waals surface area contributed by atoms with Crippen molar-refractivity contribution >= 4 is 27.2 Å². The van der Waals surface area contributed by atoms with E-state index in [1.165, 1.54) is 0 Å². The number of sulfone groups is 1. The largest absolute Gasteiger partial charge is 0.354 e. The molecule has 1 fully saturated rings. The molecule has 2 rings (SSSR count). The minimum absolute atomic E-state index is 0.0560. The van der Waals surface area contributed by atoms with Gasteiger partial charge in [-0.25, -0.2) is 24.2 Å². The van der Waals surface area contributed by atoms with E-state index >= 15 is 0 Å². The molecular weight excluding hydrogens is 276 g/mol. The van der Waals surface area contributed by atoms with Crippen molar-refractivity contribution in [3.63, 3.8) is 0 Å². The summed E-state index contributed by atoms with van der Waals surface area (Å²) < 4.78 is 22.7. The van der Waals surface area contributed by atoms with Gasteiger partial charge in [0.2, 0.25) is 11.6 Å². The predicted octanol–water partition coefficient (Wildman–Crippen LogP) is -1.09. The van der Waals surface area contributed by atoms with E-state index in [9.17, 15) is 18.5 Å². The van der Waals surface area contributed by atoms with Crippen molar-refractivity contribution in [3.8, 4) is 0 Å². The number of nitrogens with one attached hydrogen (secondary N) is 1. The second-order valence-electron chi connectivity index (χ2n) is 3.93. The highest BCUT2D eigenvalue weighted by Crippen LogP contribution is 2.31. The zero-order valence-electron chi connectivity index (χ0n) is 9.81. The maximum atomic E-state index is 11.3. The summed E-state index contributed by atoms with van der Waals surface area (Å²) in [6.45, 7) is 0.314. The van der Waals surface area contributed by atoms with Gasteiger partial charge >= 0.3 is 5.69 Å². The van der Waals surface area contributed by atoms with Crippen LogP contribution in [-0.2, 0) is 9.84 Å². The SMILES string of the molecule is NNc1ncnc(N2CCS(=O)(=O)CC2)c1[N+](=O)[O-]. The third-order valence-electron chi connectivity index (χ3n) is 2.77. The Morgan fingerprint density at radius 1 is 1.37 bits per heavy atom. The molecule has 1 aliphatic heterocycles. The number of rotatable bonds is 3. The van der Waals surface area contributed by atoms with E-state index in [-0.39, 0.29) is 41.9 Å². The fraction of sp³-hybridized carbons (Fsp3) is 0.500. The van der Waals surface area contributed by atoms with Crippen LogP contribution in [0.3, 0.4) is 0 Å². The van der Waals surface area contributed by atoms with E-state index < -0.39 is 14.8 Å². The van der Waals surface area contributed by atoms with Gasteiger partial charge in [0.15, 0.2) is 9.84 Å². The van der Waals surface area contributed by atoms with Gasteiger partial charge in [-0.1, -0.05) is 0 Å². The van der Waals surface area contributed by atoms with Crippen LogP contribution in [0.5, 0.6) is 0 Å². The van der Waals surface area contributed by atoms with Crippen molar-refractivity contribution in [2.45, 2.75) is 0 Å². The molecule has 1 aromatic rings. The molecule has 2 heterocycles. The number of aromatic nitrogens is 2. The molecule has 0 aliphatic carbocycles. The Hall–Kier alpha value is -2.01. The van der Waals surface area contributed by atoms with Crippen LogP contribution in [0.15, 0.2) is 6.33 Å². The van der Waals surface area contributed by atoms with Crippen molar-refractivity contribution in [2.75, 3.05) is 34.9 Å². The average molecular weight is 288 g/mol. The summed E-state index contributed by atoms with van der Waals surface area (Å²) in [5.41, 5.74) is 1.78. The molecule has 1 aliphatic rings. The van der Waals surface area contributed by atoms with Crippen molar-refractivity contribution < 1.29 is 13.3 Å². The highest BCUT2D eigenvalue weighted by atomic mass is 32.2. The minimum atomic E-state index is -3.07. The maximum absolute atomic E-state index is 11.3. The van der Waals surface area contributed by atoms with Gasteiger partial charge in [0.25, 0.3) is 0 Å². The van der Waals surface area contributed by atoms with Gasteiger partial charge in [0.1, 0.15) is 6.33 Å². The fourth-order valence-electron chi connectivity index (χ4n) is 1.80. The first-order valence-electron chi connectivity index (χ1n) is 5.36. The Morgan fingerprint density at radius 3 is 2.53 bits per heavy atom. The van der Waals surface area contributed by atoms with Crippen molar-refractivity contribution in [1.82, 2.24) is 9.97 Å². The van der Waals surface area contributed by atoms with Crippen LogP contribution in [0.1, 0.15) is 0 Å². The zero-order chi connectivity index (χ0) is 14.0. The van der Waals surface area contributed by atoms with Crippen LogP contribution in [0.2, 0.25) is 0 Å². The van der Waals surface area contributed by atoms with Crippen LogP contribution in [0.25, 0.3) is 0 Å². The highest BCUT2D eigenvalue weighted by molar-refractivity contribution is 7.91. The van der Waals surface area contributed by atoms with E-state index in [0.717, 1.165) is 6.33 Å². The highest BCUT2D eigenvalue weighted by Gasteiger charge is 2.30. The van der Waals surface area contributed by atoms with Crippen LogP contribution < -0.4 is 16.2 Å². The summed E-state index contributed by atoms with van der Waals surface area (Å²) in [4.78, 5) is 19.5. The van der Waals surface area contributed by atoms with Gasteiger partial charge in [-0.2, -0.15) is 0 Å². The normalized spacial score (nSPS) is 18.1. The topological polar surface area (TPSA) is 144 Å². The number of anilines is 2. The summed E-state index contributed by atoms with van der Waals surface area (Å²) in [7, 11) is -3.07. The fourth-order valence-corrected chi connectivity index (χ4v) is 3.00. The first-order chi connectivity index (χ1) is 8.94. The van der Waals surface area contributed by atoms with Crippen LogP contribution in [0, 0.1) is 10.1 Å². The van der Waals surface area contributed by atoms with Gasteiger partial charge in [-0.05, 0) is 0 Å². The number of hydrogen-bond donors (Lipinski definition) is 2. The van der Waals surface area contributed by atoms with Crippen molar-refractivity contribution in [2.24, 2.45) is 5.84 Å². The van der Waals surface area contributed by atoms with Crippen LogP contribution >= 0.6 is 0 Å². The summed E-state index contributed by atoms with van der Waals surface area (Å²) in [6.07, 6.45) is 1.14. The second-order valence-corrected chi connectivity index (χ2v) is 6.24. The smallest absolute Gasteiger partial charge is 0.349 e. The predicted molar refractivity (Wildman–Crippen MR) is 67.4 cm³/mol. The lowest BCUT2D eigenvalue weighted by Gasteiger charge is -2.27. The first kappa shape index (κ1) is 13.4. The third-order valence-corrected chi connectivity index (χ3v) is 4.38. The standard InChI is InChI=1S/C8H12N6O4S/c9-12-7-6(14(15)16)8(11-5-10-7)13-1-3-19(17,18)4-2-13/h5H,1-4,9H2,(H,10,11,12). The van der Waals surface area contributed by atoms with E-state index in [1.807, 2.05) is 0 Å². The van der Waals surface area contributed by atoms with Gasteiger partial charge in [-0.3, -0.25) is 10.1 Å².